The van der Waals surface area contributed by atoms with Crippen molar-refractivity contribution in [1.82, 2.24) is 10.2 Å². The first-order valence-corrected chi connectivity index (χ1v) is 12.4. The van der Waals surface area contributed by atoms with Crippen LogP contribution in [0.25, 0.3) is 0 Å². The number of nitrogens with one attached hydrogen (secondary N) is 1. The van der Waals surface area contributed by atoms with E-state index >= 15 is 0 Å². The van der Waals surface area contributed by atoms with E-state index < -0.39 is 6.04 Å². The number of rotatable bonds is 11. The van der Waals surface area contributed by atoms with Gasteiger partial charge in [-0.1, -0.05) is 48.3 Å². The second kappa shape index (κ2) is 13.0. The third kappa shape index (κ3) is 7.91. The van der Waals surface area contributed by atoms with Crippen molar-refractivity contribution in [1.29, 1.82) is 0 Å². The highest BCUT2D eigenvalue weighted by molar-refractivity contribution is 7.99. The number of amides is 2. The summed E-state index contributed by atoms with van der Waals surface area (Å²) in [6.45, 7) is 5.92. The molecule has 2 rings (SSSR count). The number of methoxy groups -OCH3 is 1. The molecule has 2 aromatic rings. The molecule has 0 fully saturated rings. The zero-order valence-electron chi connectivity index (χ0n) is 18.9. The molecular formula is C24H30Cl2N2O3S. The van der Waals surface area contributed by atoms with Crippen LogP contribution in [0.15, 0.2) is 42.5 Å². The van der Waals surface area contributed by atoms with E-state index in [0.717, 1.165) is 23.3 Å². The predicted octanol–water partition coefficient (Wildman–Crippen LogP) is 5.57. The Balaban J connectivity index is 2.10. The Morgan fingerprint density at radius 1 is 1.12 bits per heavy atom. The van der Waals surface area contributed by atoms with E-state index in [1.54, 1.807) is 37.1 Å². The Bertz CT molecular complexity index is 909. The Labute approximate surface area is 204 Å². The standard InChI is InChI=1S/C24H30Cl2N2O3S/c1-5-16(2)27-24(30)17(3)28(13-19-8-9-20(25)12-22(19)26)23(29)15-32-14-18-6-10-21(31-4)11-7-18/h6-12,16-17H,5,13-15H2,1-4H3,(H,27,30)/t16-,17+/m0/s1. The fraction of sp³-hybridized carbons (Fsp3) is 0.417. The van der Waals surface area contributed by atoms with Gasteiger partial charge >= 0.3 is 0 Å². The summed E-state index contributed by atoms with van der Waals surface area (Å²) in [5.41, 5.74) is 1.84. The van der Waals surface area contributed by atoms with E-state index in [-0.39, 0.29) is 30.2 Å². The summed E-state index contributed by atoms with van der Waals surface area (Å²) in [5.74, 6) is 1.41. The van der Waals surface area contributed by atoms with Gasteiger partial charge in [0.1, 0.15) is 11.8 Å². The van der Waals surface area contributed by atoms with Crippen LogP contribution in [-0.4, -0.2) is 41.7 Å². The Kier molecular flexibility index (Phi) is 10.7. The summed E-state index contributed by atoms with van der Waals surface area (Å²) in [7, 11) is 1.63. The summed E-state index contributed by atoms with van der Waals surface area (Å²) in [6.07, 6.45) is 0.813. The molecule has 2 amide bonds. The van der Waals surface area contributed by atoms with Crippen LogP contribution < -0.4 is 10.1 Å². The Hall–Kier alpha value is -1.89. The maximum atomic E-state index is 13.2. The van der Waals surface area contributed by atoms with E-state index in [1.807, 2.05) is 38.1 Å². The van der Waals surface area contributed by atoms with Gasteiger partial charge in [-0.05, 0) is 55.7 Å². The molecule has 0 bridgehead atoms. The van der Waals surface area contributed by atoms with Gasteiger partial charge in [-0.3, -0.25) is 9.59 Å². The fourth-order valence-electron chi connectivity index (χ4n) is 2.94. The van der Waals surface area contributed by atoms with E-state index in [1.165, 1.54) is 11.8 Å². The van der Waals surface area contributed by atoms with Crippen molar-refractivity contribution in [3.63, 3.8) is 0 Å². The minimum atomic E-state index is -0.634. The van der Waals surface area contributed by atoms with Crippen molar-refractivity contribution >= 4 is 46.8 Å². The molecule has 5 nitrogen and oxygen atoms in total. The normalized spacial score (nSPS) is 12.7. The SMILES string of the molecule is CC[C@H](C)NC(=O)[C@@H](C)N(Cc1ccc(Cl)cc1Cl)C(=O)CSCc1ccc(OC)cc1. The highest BCUT2D eigenvalue weighted by Crippen LogP contribution is 2.24. The van der Waals surface area contributed by atoms with Crippen molar-refractivity contribution in [3.8, 4) is 5.75 Å². The molecule has 0 heterocycles. The second-order valence-corrected chi connectivity index (χ2v) is 9.42. The topological polar surface area (TPSA) is 58.6 Å². The fourth-order valence-corrected chi connectivity index (χ4v) is 4.28. The van der Waals surface area contributed by atoms with Gasteiger partial charge < -0.3 is 15.0 Å². The average molecular weight is 497 g/mol. The lowest BCUT2D eigenvalue weighted by Crippen LogP contribution is -2.50. The van der Waals surface area contributed by atoms with Crippen LogP contribution in [0.2, 0.25) is 10.0 Å². The number of hydrogen-bond acceptors (Lipinski definition) is 4. The summed E-state index contributed by atoms with van der Waals surface area (Å²) in [5, 5.41) is 3.95. The van der Waals surface area contributed by atoms with Gasteiger partial charge in [0.05, 0.1) is 12.9 Å². The molecule has 0 saturated carbocycles. The lowest BCUT2D eigenvalue weighted by molar-refractivity contribution is -0.138. The first-order valence-electron chi connectivity index (χ1n) is 10.5. The minimum absolute atomic E-state index is 0.0328. The van der Waals surface area contributed by atoms with Crippen LogP contribution in [0.4, 0.5) is 0 Å². The molecule has 0 aliphatic heterocycles. The van der Waals surface area contributed by atoms with Gasteiger partial charge in [0.25, 0.3) is 0 Å². The van der Waals surface area contributed by atoms with Crippen LogP contribution >= 0.6 is 35.0 Å². The summed E-state index contributed by atoms with van der Waals surface area (Å²) < 4.78 is 5.18. The first kappa shape index (κ1) is 26.4. The molecular weight excluding hydrogens is 467 g/mol. The number of nitrogens with zero attached hydrogens (tertiary/aromatic N) is 1. The molecule has 174 valence electrons. The molecule has 8 heteroatoms. The molecule has 0 radical (unpaired) electrons. The third-order valence-electron chi connectivity index (χ3n) is 5.18. The highest BCUT2D eigenvalue weighted by Gasteiger charge is 2.27. The average Bonchev–Trinajstić information content (AvgIpc) is 2.78. The molecule has 0 spiro atoms. The number of halogens is 2. The molecule has 32 heavy (non-hydrogen) atoms. The quantitative estimate of drug-likeness (QED) is 0.441. The van der Waals surface area contributed by atoms with Gasteiger partial charge in [-0.25, -0.2) is 0 Å². The summed E-state index contributed by atoms with van der Waals surface area (Å²) in [6, 6.07) is 12.3. The van der Waals surface area contributed by atoms with Gasteiger partial charge in [0, 0.05) is 28.4 Å². The van der Waals surface area contributed by atoms with Crippen LogP contribution in [0.5, 0.6) is 5.75 Å². The summed E-state index contributed by atoms with van der Waals surface area (Å²) >= 11 is 13.9. The van der Waals surface area contributed by atoms with Crippen molar-refractivity contribution in [2.75, 3.05) is 12.9 Å². The van der Waals surface area contributed by atoms with Gasteiger partial charge in [-0.2, -0.15) is 0 Å². The minimum Gasteiger partial charge on any atom is -0.497 e. The largest absolute Gasteiger partial charge is 0.497 e. The van der Waals surface area contributed by atoms with E-state index in [9.17, 15) is 9.59 Å². The first-order chi connectivity index (χ1) is 15.2. The number of carbonyl (C=O) groups is 2. The molecule has 0 aromatic heterocycles. The molecule has 0 aliphatic rings. The monoisotopic (exact) mass is 496 g/mol. The van der Waals surface area contributed by atoms with Crippen molar-refractivity contribution in [3.05, 3.63) is 63.6 Å². The van der Waals surface area contributed by atoms with Gasteiger partial charge in [0.15, 0.2) is 0 Å². The molecule has 2 aromatic carbocycles. The molecule has 0 aliphatic carbocycles. The zero-order valence-corrected chi connectivity index (χ0v) is 21.2. The molecule has 1 N–H and O–H groups in total. The number of thioether (sulfide) groups is 1. The van der Waals surface area contributed by atoms with Gasteiger partial charge in [0.2, 0.25) is 11.8 Å². The molecule has 0 unspecified atom stereocenters. The third-order valence-corrected chi connectivity index (χ3v) is 6.75. The van der Waals surface area contributed by atoms with Crippen LogP contribution in [0.1, 0.15) is 38.3 Å². The van der Waals surface area contributed by atoms with Crippen LogP contribution in [-0.2, 0) is 21.9 Å². The maximum absolute atomic E-state index is 13.2. The highest BCUT2D eigenvalue weighted by atomic mass is 35.5. The van der Waals surface area contributed by atoms with E-state index in [4.69, 9.17) is 27.9 Å². The van der Waals surface area contributed by atoms with Crippen molar-refractivity contribution < 1.29 is 14.3 Å². The number of carbonyl (C=O) groups excluding carboxylic acids is 2. The predicted molar refractivity (Wildman–Crippen MR) is 134 cm³/mol. The maximum Gasteiger partial charge on any atom is 0.242 e. The molecule has 2 atom stereocenters. The van der Waals surface area contributed by atoms with Crippen LogP contribution in [0.3, 0.4) is 0 Å². The van der Waals surface area contributed by atoms with Crippen molar-refractivity contribution in [2.24, 2.45) is 0 Å². The second-order valence-electron chi connectivity index (χ2n) is 7.59. The smallest absolute Gasteiger partial charge is 0.242 e. The van der Waals surface area contributed by atoms with Gasteiger partial charge in [-0.15, -0.1) is 11.8 Å². The Morgan fingerprint density at radius 2 is 1.81 bits per heavy atom. The zero-order chi connectivity index (χ0) is 23.7. The Morgan fingerprint density at radius 3 is 2.41 bits per heavy atom. The van der Waals surface area contributed by atoms with E-state index in [2.05, 4.69) is 5.32 Å². The van der Waals surface area contributed by atoms with Crippen molar-refractivity contribution in [2.45, 2.75) is 51.6 Å². The number of benzene rings is 2. The van der Waals surface area contributed by atoms with Crippen LogP contribution in [0, 0.1) is 0 Å². The summed E-state index contributed by atoms with van der Waals surface area (Å²) in [4.78, 5) is 27.5. The molecule has 0 saturated heterocycles. The lowest BCUT2D eigenvalue weighted by Gasteiger charge is -2.30. The lowest BCUT2D eigenvalue weighted by atomic mass is 10.1. The van der Waals surface area contributed by atoms with E-state index in [0.29, 0.717) is 15.8 Å². The number of hydrogen-bond donors (Lipinski definition) is 1. The number of ether oxygens (including phenoxy) is 1.